The van der Waals surface area contributed by atoms with Crippen molar-refractivity contribution in [2.75, 3.05) is 13.1 Å². The normalized spacial score (nSPS) is 27.2. The zero-order valence-corrected chi connectivity index (χ0v) is 11.1. The average molecular weight is 238 g/mol. The molecule has 16 heavy (non-hydrogen) atoms. The predicted octanol–water partition coefficient (Wildman–Crippen LogP) is 2.62. The fourth-order valence-electron chi connectivity index (χ4n) is 2.49. The Labute approximate surface area is 102 Å². The minimum Gasteiger partial charge on any atom is -0.327 e. The molecule has 1 aliphatic heterocycles. The summed E-state index contributed by atoms with van der Waals surface area (Å²) >= 11 is 1.92. The minimum atomic E-state index is 0.423. The Hall–Kier alpha value is -0.380. The van der Waals surface area contributed by atoms with E-state index in [1.165, 1.54) is 22.7 Å². The Balaban J connectivity index is 1.91. The maximum atomic E-state index is 6.13. The molecule has 1 aliphatic rings. The molecule has 1 aromatic rings. The number of nitrogens with zero attached hydrogens (tertiary/aromatic N) is 1. The van der Waals surface area contributed by atoms with Crippen molar-refractivity contribution in [2.24, 2.45) is 11.7 Å². The van der Waals surface area contributed by atoms with Gasteiger partial charge in [0.1, 0.15) is 0 Å². The summed E-state index contributed by atoms with van der Waals surface area (Å²) in [7, 11) is 0. The van der Waals surface area contributed by atoms with Crippen LogP contribution in [0, 0.1) is 12.8 Å². The molecule has 0 bridgehead atoms. The number of rotatable bonds is 3. The van der Waals surface area contributed by atoms with Crippen LogP contribution in [-0.2, 0) is 6.54 Å². The van der Waals surface area contributed by atoms with E-state index in [1.807, 2.05) is 11.3 Å². The fourth-order valence-corrected chi connectivity index (χ4v) is 3.42. The largest absolute Gasteiger partial charge is 0.327 e. The summed E-state index contributed by atoms with van der Waals surface area (Å²) in [6.45, 7) is 7.88. The van der Waals surface area contributed by atoms with E-state index in [1.54, 1.807) is 0 Å². The molecule has 2 heterocycles. The molecule has 0 aromatic carbocycles. The number of thiophene rings is 1. The standard InChI is InChI=1S/C13H22N2S/c1-3-11-8-15(7-6-13(11)14)9-12-5-4-10(2)16-12/h4-5,11,13H,3,6-9,14H2,1-2H3. The van der Waals surface area contributed by atoms with E-state index in [9.17, 15) is 0 Å². The van der Waals surface area contributed by atoms with E-state index in [4.69, 9.17) is 5.73 Å². The second kappa shape index (κ2) is 5.30. The van der Waals surface area contributed by atoms with Crippen LogP contribution in [0.25, 0.3) is 0 Å². The van der Waals surface area contributed by atoms with Crippen molar-refractivity contribution in [2.45, 2.75) is 39.3 Å². The van der Waals surface area contributed by atoms with Gasteiger partial charge >= 0.3 is 0 Å². The topological polar surface area (TPSA) is 29.3 Å². The maximum absolute atomic E-state index is 6.13. The summed E-state index contributed by atoms with van der Waals surface area (Å²) in [5.74, 6) is 0.690. The first-order valence-corrected chi connectivity index (χ1v) is 7.04. The van der Waals surface area contributed by atoms with Crippen LogP contribution in [0.4, 0.5) is 0 Å². The molecule has 0 aliphatic carbocycles. The molecule has 90 valence electrons. The Morgan fingerprint density at radius 2 is 2.31 bits per heavy atom. The van der Waals surface area contributed by atoms with Gasteiger partial charge in [0.25, 0.3) is 0 Å². The summed E-state index contributed by atoms with van der Waals surface area (Å²) in [5, 5.41) is 0. The van der Waals surface area contributed by atoms with Crippen LogP contribution in [0.15, 0.2) is 12.1 Å². The SMILES string of the molecule is CCC1CN(Cc2ccc(C)s2)CCC1N. The lowest BCUT2D eigenvalue weighted by Gasteiger charge is -2.36. The van der Waals surface area contributed by atoms with Crippen molar-refractivity contribution in [3.8, 4) is 0 Å². The number of hydrogen-bond donors (Lipinski definition) is 1. The summed E-state index contributed by atoms with van der Waals surface area (Å²) < 4.78 is 0. The van der Waals surface area contributed by atoms with E-state index in [2.05, 4.69) is 30.9 Å². The number of piperidine rings is 1. The van der Waals surface area contributed by atoms with Gasteiger partial charge in [-0.2, -0.15) is 0 Å². The molecule has 1 aromatic heterocycles. The predicted molar refractivity (Wildman–Crippen MR) is 70.7 cm³/mol. The summed E-state index contributed by atoms with van der Waals surface area (Å²) in [6.07, 6.45) is 2.37. The second-order valence-electron chi connectivity index (χ2n) is 4.87. The van der Waals surface area contributed by atoms with Crippen LogP contribution in [0.2, 0.25) is 0 Å². The molecule has 0 spiro atoms. The van der Waals surface area contributed by atoms with Crippen LogP contribution in [-0.4, -0.2) is 24.0 Å². The maximum Gasteiger partial charge on any atom is 0.0328 e. The lowest BCUT2D eigenvalue weighted by molar-refractivity contribution is 0.146. The van der Waals surface area contributed by atoms with Gasteiger partial charge in [0.05, 0.1) is 0 Å². The highest BCUT2D eigenvalue weighted by molar-refractivity contribution is 7.11. The van der Waals surface area contributed by atoms with Crippen molar-refractivity contribution in [3.05, 3.63) is 21.9 Å². The molecular weight excluding hydrogens is 216 g/mol. The molecule has 0 amide bonds. The van der Waals surface area contributed by atoms with Crippen LogP contribution in [0.5, 0.6) is 0 Å². The molecule has 0 radical (unpaired) electrons. The zero-order chi connectivity index (χ0) is 11.5. The van der Waals surface area contributed by atoms with Crippen LogP contribution >= 0.6 is 11.3 Å². The third-order valence-corrected chi connectivity index (χ3v) is 4.56. The first-order chi connectivity index (χ1) is 7.69. The van der Waals surface area contributed by atoms with E-state index < -0.39 is 0 Å². The highest BCUT2D eigenvalue weighted by Gasteiger charge is 2.25. The van der Waals surface area contributed by atoms with Crippen molar-refractivity contribution in [1.29, 1.82) is 0 Å². The minimum absolute atomic E-state index is 0.423. The fraction of sp³-hybridized carbons (Fsp3) is 0.692. The van der Waals surface area contributed by atoms with Gasteiger partial charge in [0.2, 0.25) is 0 Å². The van der Waals surface area contributed by atoms with Crippen molar-refractivity contribution in [1.82, 2.24) is 4.90 Å². The zero-order valence-electron chi connectivity index (χ0n) is 10.3. The highest BCUT2D eigenvalue weighted by Crippen LogP contribution is 2.23. The van der Waals surface area contributed by atoms with Gasteiger partial charge in [-0.25, -0.2) is 0 Å². The number of likely N-dealkylation sites (tertiary alicyclic amines) is 1. The number of aryl methyl sites for hydroxylation is 1. The van der Waals surface area contributed by atoms with Gasteiger partial charge in [0, 0.05) is 35.4 Å². The first kappa shape index (κ1) is 12.1. The van der Waals surface area contributed by atoms with Gasteiger partial charge in [-0.1, -0.05) is 13.3 Å². The van der Waals surface area contributed by atoms with Crippen LogP contribution < -0.4 is 5.73 Å². The van der Waals surface area contributed by atoms with Gasteiger partial charge < -0.3 is 5.73 Å². The lowest BCUT2D eigenvalue weighted by Crippen LogP contribution is -2.46. The molecular formula is C13H22N2S. The molecule has 1 saturated heterocycles. The number of hydrogen-bond acceptors (Lipinski definition) is 3. The Morgan fingerprint density at radius 1 is 1.50 bits per heavy atom. The molecule has 3 heteroatoms. The van der Waals surface area contributed by atoms with Crippen molar-refractivity contribution in [3.63, 3.8) is 0 Å². The Bertz CT molecular complexity index is 334. The molecule has 2 unspecified atom stereocenters. The van der Waals surface area contributed by atoms with E-state index in [-0.39, 0.29) is 0 Å². The summed E-state index contributed by atoms with van der Waals surface area (Å²) in [5.41, 5.74) is 6.13. The smallest absolute Gasteiger partial charge is 0.0328 e. The van der Waals surface area contributed by atoms with Crippen molar-refractivity contribution < 1.29 is 0 Å². The van der Waals surface area contributed by atoms with Gasteiger partial charge in [-0.15, -0.1) is 11.3 Å². The second-order valence-corrected chi connectivity index (χ2v) is 6.24. The summed E-state index contributed by atoms with van der Waals surface area (Å²) in [6, 6.07) is 4.90. The number of nitrogens with two attached hydrogens (primary N) is 1. The molecule has 2 atom stereocenters. The van der Waals surface area contributed by atoms with Gasteiger partial charge in [-0.3, -0.25) is 4.90 Å². The molecule has 2 N–H and O–H groups in total. The molecule has 2 rings (SSSR count). The third-order valence-electron chi connectivity index (χ3n) is 3.58. The van der Waals surface area contributed by atoms with Crippen molar-refractivity contribution >= 4 is 11.3 Å². The lowest BCUT2D eigenvalue weighted by atomic mass is 9.91. The monoisotopic (exact) mass is 238 g/mol. The third kappa shape index (κ3) is 2.84. The van der Waals surface area contributed by atoms with Crippen LogP contribution in [0.1, 0.15) is 29.5 Å². The van der Waals surface area contributed by atoms with Gasteiger partial charge in [-0.05, 0) is 31.4 Å². The molecule has 0 saturated carbocycles. The van der Waals surface area contributed by atoms with Gasteiger partial charge in [0.15, 0.2) is 0 Å². The highest BCUT2D eigenvalue weighted by atomic mass is 32.1. The van der Waals surface area contributed by atoms with Crippen LogP contribution in [0.3, 0.4) is 0 Å². The Morgan fingerprint density at radius 3 is 2.94 bits per heavy atom. The quantitative estimate of drug-likeness (QED) is 0.877. The van der Waals surface area contributed by atoms with E-state index in [0.717, 1.165) is 19.5 Å². The van der Waals surface area contributed by atoms with E-state index in [0.29, 0.717) is 12.0 Å². The average Bonchev–Trinajstić information content (AvgIpc) is 2.67. The molecule has 1 fully saturated rings. The summed E-state index contributed by atoms with van der Waals surface area (Å²) in [4.78, 5) is 5.46. The Kier molecular flexibility index (Phi) is 4.00. The molecule has 2 nitrogen and oxygen atoms in total. The van der Waals surface area contributed by atoms with E-state index >= 15 is 0 Å². The first-order valence-electron chi connectivity index (χ1n) is 6.22.